The minimum Gasteiger partial charge on any atom is -0.348 e. The van der Waals surface area contributed by atoms with Crippen LogP contribution in [0.2, 0.25) is 5.02 Å². The summed E-state index contributed by atoms with van der Waals surface area (Å²) in [5.41, 5.74) is 6.79. The van der Waals surface area contributed by atoms with Crippen LogP contribution in [0.3, 0.4) is 0 Å². The molecule has 112 valence electrons. The van der Waals surface area contributed by atoms with Crippen molar-refractivity contribution in [2.45, 2.75) is 46.7 Å². The molecular weight excluding hydrogens is 272 g/mol. The minimum absolute atomic E-state index is 0.0619. The second kappa shape index (κ2) is 6.59. The zero-order valence-corrected chi connectivity index (χ0v) is 13.7. The molecule has 0 fully saturated rings. The van der Waals surface area contributed by atoms with Gasteiger partial charge in [0.2, 0.25) is 5.91 Å². The van der Waals surface area contributed by atoms with Crippen molar-refractivity contribution >= 4 is 17.5 Å². The molecule has 0 heterocycles. The molecule has 0 bridgehead atoms. The van der Waals surface area contributed by atoms with Gasteiger partial charge in [0.1, 0.15) is 0 Å². The molecule has 20 heavy (non-hydrogen) atoms. The molecule has 0 aliphatic rings. The highest BCUT2D eigenvalue weighted by molar-refractivity contribution is 6.30. The molecule has 0 aromatic heterocycles. The van der Waals surface area contributed by atoms with E-state index in [1.165, 1.54) is 0 Å². The Hall–Kier alpha value is -1.06. The van der Waals surface area contributed by atoms with E-state index in [-0.39, 0.29) is 23.3 Å². The maximum Gasteiger partial charge on any atom is 0.237 e. The van der Waals surface area contributed by atoms with E-state index in [9.17, 15) is 4.79 Å². The lowest BCUT2D eigenvalue weighted by molar-refractivity contribution is -0.125. The zero-order chi connectivity index (χ0) is 15.5. The summed E-state index contributed by atoms with van der Waals surface area (Å²) >= 11 is 5.90. The third kappa shape index (κ3) is 4.50. The quantitative estimate of drug-likeness (QED) is 0.893. The van der Waals surface area contributed by atoms with Crippen molar-refractivity contribution in [2.24, 2.45) is 17.1 Å². The smallest absolute Gasteiger partial charge is 0.237 e. The lowest BCUT2D eigenvalue weighted by Gasteiger charge is -2.30. The van der Waals surface area contributed by atoms with E-state index in [2.05, 4.69) is 19.2 Å². The molecule has 2 atom stereocenters. The van der Waals surface area contributed by atoms with Gasteiger partial charge in [-0.2, -0.15) is 0 Å². The van der Waals surface area contributed by atoms with Crippen LogP contribution in [0.15, 0.2) is 24.3 Å². The van der Waals surface area contributed by atoms with E-state index >= 15 is 0 Å². The van der Waals surface area contributed by atoms with Crippen molar-refractivity contribution in [1.29, 1.82) is 0 Å². The molecule has 3 N–H and O–H groups in total. The van der Waals surface area contributed by atoms with E-state index in [1.54, 1.807) is 0 Å². The first-order chi connectivity index (χ1) is 9.12. The average Bonchev–Trinajstić information content (AvgIpc) is 2.34. The monoisotopic (exact) mass is 296 g/mol. The molecular formula is C16H25ClN2O. The summed E-state index contributed by atoms with van der Waals surface area (Å²) in [6.45, 7) is 10.0. The predicted molar refractivity (Wildman–Crippen MR) is 84.6 cm³/mol. The van der Waals surface area contributed by atoms with Gasteiger partial charge in [-0.05, 0) is 29.0 Å². The largest absolute Gasteiger partial charge is 0.348 e. The summed E-state index contributed by atoms with van der Waals surface area (Å²) in [5.74, 6) is 0.151. The number of rotatable bonds is 4. The Kier molecular flexibility index (Phi) is 5.60. The average molecular weight is 297 g/mol. The minimum atomic E-state index is -0.531. The van der Waals surface area contributed by atoms with Crippen molar-refractivity contribution in [2.75, 3.05) is 0 Å². The third-order valence-electron chi connectivity index (χ3n) is 3.41. The maximum atomic E-state index is 12.3. The van der Waals surface area contributed by atoms with E-state index in [1.807, 2.05) is 45.0 Å². The number of carbonyl (C=O) groups excluding carboxylic acids is 1. The molecule has 1 aromatic rings. The van der Waals surface area contributed by atoms with E-state index in [0.29, 0.717) is 5.02 Å². The lowest BCUT2D eigenvalue weighted by atomic mass is 9.86. The fraction of sp³-hybridized carbons (Fsp3) is 0.562. The van der Waals surface area contributed by atoms with Gasteiger partial charge in [-0.1, -0.05) is 58.4 Å². The first-order valence-corrected chi connectivity index (χ1v) is 7.32. The topological polar surface area (TPSA) is 55.1 Å². The highest BCUT2D eigenvalue weighted by Crippen LogP contribution is 2.25. The van der Waals surface area contributed by atoms with Crippen LogP contribution in [0.4, 0.5) is 0 Å². The Labute approximate surface area is 126 Å². The molecule has 0 saturated carbocycles. The first kappa shape index (κ1) is 17.0. The molecule has 3 nitrogen and oxygen atoms in total. The van der Waals surface area contributed by atoms with Crippen LogP contribution in [0.25, 0.3) is 0 Å². The fourth-order valence-electron chi connectivity index (χ4n) is 1.94. The van der Waals surface area contributed by atoms with Crippen molar-refractivity contribution in [3.8, 4) is 0 Å². The van der Waals surface area contributed by atoms with Crippen LogP contribution in [-0.2, 0) is 4.79 Å². The predicted octanol–water partition coefficient (Wildman–Crippen LogP) is 3.53. The highest BCUT2D eigenvalue weighted by atomic mass is 35.5. The number of halogens is 1. The summed E-state index contributed by atoms with van der Waals surface area (Å²) in [6.07, 6.45) is 0. The van der Waals surface area contributed by atoms with Crippen LogP contribution in [0, 0.1) is 11.3 Å². The van der Waals surface area contributed by atoms with Gasteiger partial charge in [0, 0.05) is 5.02 Å². The fourth-order valence-corrected chi connectivity index (χ4v) is 2.07. The number of hydrogen-bond donors (Lipinski definition) is 2. The first-order valence-electron chi connectivity index (χ1n) is 6.94. The van der Waals surface area contributed by atoms with Gasteiger partial charge in [-0.15, -0.1) is 0 Å². The number of nitrogens with two attached hydrogens (primary N) is 1. The normalized spacial score (nSPS) is 15.0. The molecule has 1 amide bonds. The molecule has 0 aliphatic carbocycles. The lowest BCUT2D eigenvalue weighted by Crippen LogP contribution is -2.50. The standard InChI is InChI=1S/C16H25ClN2O/c1-10(2)13(11-6-8-12(17)9-7-11)19-15(20)14(18)16(3,4)5/h6-10,13-14H,18H2,1-5H3,(H,19,20). The summed E-state index contributed by atoms with van der Waals surface area (Å²) in [4.78, 5) is 12.3. The van der Waals surface area contributed by atoms with Gasteiger partial charge in [-0.25, -0.2) is 0 Å². The van der Waals surface area contributed by atoms with Gasteiger partial charge >= 0.3 is 0 Å². The van der Waals surface area contributed by atoms with Gasteiger partial charge in [-0.3, -0.25) is 4.79 Å². The summed E-state index contributed by atoms with van der Waals surface area (Å²) in [5, 5.41) is 3.74. The van der Waals surface area contributed by atoms with Gasteiger partial charge in [0.05, 0.1) is 12.1 Å². The van der Waals surface area contributed by atoms with Crippen LogP contribution in [0.5, 0.6) is 0 Å². The number of carbonyl (C=O) groups is 1. The van der Waals surface area contributed by atoms with E-state index < -0.39 is 6.04 Å². The van der Waals surface area contributed by atoms with Crippen molar-refractivity contribution in [3.05, 3.63) is 34.9 Å². The molecule has 4 heteroatoms. The van der Waals surface area contributed by atoms with Crippen LogP contribution >= 0.6 is 11.6 Å². The summed E-state index contributed by atoms with van der Waals surface area (Å²) in [6, 6.07) is 6.96. The number of amides is 1. The molecule has 1 rings (SSSR count). The second-order valence-corrected chi connectivity index (χ2v) is 7.06. The second-order valence-electron chi connectivity index (χ2n) is 6.63. The Morgan fingerprint density at radius 3 is 2.10 bits per heavy atom. The van der Waals surface area contributed by atoms with Crippen molar-refractivity contribution in [3.63, 3.8) is 0 Å². The van der Waals surface area contributed by atoms with Crippen LogP contribution < -0.4 is 11.1 Å². The van der Waals surface area contributed by atoms with E-state index in [4.69, 9.17) is 17.3 Å². The molecule has 2 unspecified atom stereocenters. The van der Waals surface area contributed by atoms with Crippen LogP contribution in [0.1, 0.15) is 46.2 Å². The maximum absolute atomic E-state index is 12.3. The zero-order valence-electron chi connectivity index (χ0n) is 12.9. The van der Waals surface area contributed by atoms with Crippen LogP contribution in [-0.4, -0.2) is 11.9 Å². The van der Waals surface area contributed by atoms with Crippen molar-refractivity contribution < 1.29 is 4.79 Å². The summed E-state index contributed by atoms with van der Waals surface area (Å²) < 4.78 is 0. The van der Waals surface area contributed by atoms with Gasteiger partial charge < -0.3 is 11.1 Å². The Morgan fingerprint density at radius 1 is 1.20 bits per heavy atom. The Bertz CT molecular complexity index is 449. The molecule has 0 radical (unpaired) electrons. The SMILES string of the molecule is CC(C)C(NC(=O)C(N)C(C)(C)C)c1ccc(Cl)cc1. The van der Waals surface area contributed by atoms with Gasteiger partial charge in [0.15, 0.2) is 0 Å². The molecule has 0 spiro atoms. The molecule has 0 saturated heterocycles. The number of nitrogens with one attached hydrogen (secondary N) is 1. The van der Waals surface area contributed by atoms with E-state index in [0.717, 1.165) is 5.56 Å². The van der Waals surface area contributed by atoms with Crippen molar-refractivity contribution in [1.82, 2.24) is 5.32 Å². The Balaban J connectivity index is 2.89. The number of hydrogen-bond acceptors (Lipinski definition) is 2. The summed E-state index contributed by atoms with van der Waals surface area (Å²) in [7, 11) is 0. The highest BCUT2D eigenvalue weighted by Gasteiger charge is 2.29. The molecule has 0 aliphatic heterocycles. The van der Waals surface area contributed by atoms with Gasteiger partial charge in [0.25, 0.3) is 0 Å². The third-order valence-corrected chi connectivity index (χ3v) is 3.66. The molecule has 1 aromatic carbocycles. The Morgan fingerprint density at radius 2 is 1.70 bits per heavy atom. The number of benzene rings is 1.